The molecule has 0 aliphatic heterocycles. The number of rotatable bonds is 18. The molecule has 0 N–H and O–H groups in total. The number of ether oxygens (including phenoxy) is 4. The lowest BCUT2D eigenvalue weighted by Crippen LogP contribution is -2.26. The fraction of sp³-hybridized carbons (Fsp3) is 0.459. The topological polar surface area (TPSA) is 71.1 Å². The third kappa shape index (κ3) is 11.2. The van der Waals surface area contributed by atoms with Crippen LogP contribution in [0.2, 0.25) is 0 Å². The second-order valence-electron chi connectivity index (χ2n) is 11.1. The second kappa shape index (κ2) is 18.1. The van der Waals surface area contributed by atoms with Crippen LogP contribution in [0.15, 0.2) is 60.7 Å². The summed E-state index contributed by atoms with van der Waals surface area (Å²) < 4.78 is 22.8. The molecule has 6 heteroatoms. The molecule has 0 bridgehead atoms. The number of esters is 2. The first kappa shape index (κ1) is 33.9. The van der Waals surface area contributed by atoms with Crippen LogP contribution >= 0.6 is 0 Å². The van der Waals surface area contributed by atoms with Gasteiger partial charge in [-0.1, -0.05) is 83.1 Å². The van der Waals surface area contributed by atoms with E-state index in [4.69, 9.17) is 18.9 Å². The first-order valence-electron chi connectivity index (χ1n) is 15.8. The molecule has 3 rings (SSSR count). The molecule has 1 atom stereocenters. The summed E-state index contributed by atoms with van der Waals surface area (Å²) in [6.45, 7) is 11.2. The number of benzene rings is 3. The van der Waals surface area contributed by atoms with Gasteiger partial charge in [-0.2, -0.15) is 0 Å². The van der Waals surface area contributed by atoms with Gasteiger partial charge in [0.1, 0.15) is 17.2 Å². The highest BCUT2D eigenvalue weighted by molar-refractivity contribution is 5.92. The van der Waals surface area contributed by atoms with E-state index in [0.717, 1.165) is 53.7 Å². The SMILES string of the molecule is CCCCCCCOc1c(C)cc(C(=O)Oc2ccc(-c3ccc(OC(=O)C(C)OCCCCCC)cc3)cc2)cc1C. The maximum Gasteiger partial charge on any atom is 0.343 e. The molecule has 3 aromatic carbocycles. The van der Waals surface area contributed by atoms with Crippen molar-refractivity contribution in [3.8, 4) is 28.4 Å². The number of hydrogen-bond acceptors (Lipinski definition) is 6. The van der Waals surface area contributed by atoms with E-state index in [1.54, 1.807) is 31.2 Å². The average molecular weight is 589 g/mol. The zero-order chi connectivity index (χ0) is 31.0. The summed E-state index contributed by atoms with van der Waals surface area (Å²) in [5.41, 5.74) is 4.24. The molecule has 0 saturated heterocycles. The highest BCUT2D eigenvalue weighted by Crippen LogP contribution is 2.28. The molecule has 232 valence electrons. The van der Waals surface area contributed by atoms with Crippen molar-refractivity contribution in [2.75, 3.05) is 13.2 Å². The van der Waals surface area contributed by atoms with Crippen molar-refractivity contribution in [1.82, 2.24) is 0 Å². The molecule has 0 fully saturated rings. The van der Waals surface area contributed by atoms with Gasteiger partial charge in [-0.25, -0.2) is 9.59 Å². The van der Waals surface area contributed by atoms with Crippen molar-refractivity contribution in [2.24, 2.45) is 0 Å². The van der Waals surface area contributed by atoms with Gasteiger partial charge in [0.25, 0.3) is 0 Å². The second-order valence-corrected chi connectivity index (χ2v) is 11.1. The van der Waals surface area contributed by atoms with Crippen molar-refractivity contribution in [3.05, 3.63) is 77.4 Å². The third-order valence-electron chi connectivity index (χ3n) is 7.36. The molecule has 3 aromatic rings. The van der Waals surface area contributed by atoms with Gasteiger partial charge in [0.15, 0.2) is 6.10 Å². The maximum atomic E-state index is 12.9. The Balaban J connectivity index is 1.51. The van der Waals surface area contributed by atoms with Gasteiger partial charge >= 0.3 is 11.9 Å². The van der Waals surface area contributed by atoms with E-state index >= 15 is 0 Å². The predicted molar refractivity (Wildman–Crippen MR) is 172 cm³/mol. The Labute approximate surface area is 257 Å². The minimum Gasteiger partial charge on any atom is -0.493 e. The van der Waals surface area contributed by atoms with Gasteiger partial charge in [-0.3, -0.25) is 0 Å². The minimum absolute atomic E-state index is 0.403. The van der Waals surface area contributed by atoms with Crippen LogP contribution in [0.3, 0.4) is 0 Å². The molecule has 0 saturated carbocycles. The number of hydrogen-bond donors (Lipinski definition) is 0. The quantitative estimate of drug-likeness (QED) is 0.0837. The smallest absolute Gasteiger partial charge is 0.343 e. The van der Waals surface area contributed by atoms with E-state index in [-0.39, 0.29) is 0 Å². The van der Waals surface area contributed by atoms with Crippen LogP contribution in [-0.4, -0.2) is 31.3 Å². The molecule has 0 radical (unpaired) electrons. The van der Waals surface area contributed by atoms with Gasteiger partial charge in [-0.15, -0.1) is 0 Å². The fourth-order valence-electron chi connectivity index (χ4n) is 4.83. The van der Waals surface area contributed by atoms with E-state index < -0.39 is 18.0 Å². The Kier molecular flexibility index (Phi) is 14.3. The summed E-state index contributed by atoms with van der Waals surface area (Å²) in [5.74, 6) is 0.966. The van der Waals surface area contributed by atoms with Gasteiger partial charge in [0.2, 0.25) is 0 Å². The van der Waals surface area contributed by atoms with Crippen molar-refractivity contribution < 1.29 is 28.5 Å². The monoisotopic (exact) mass is 588 g/mol. The number of unbranched alkanes of at least 4 members (excludes halogenated alkanes) is 7. The standard InChI is InChI=1S/C37H48O6/c1-6-8-10-12-14-24-41-35-27(3)25-32(26-28(35)4)37(39)43-34-21-17-31(18-22-34)30-15-19-33(20-16-30)42-36(38)29(5)40-23-13-11-9-7-2/h15-22,25-26,29H,6-14,23-24H2,1-5H3. The van der Waals surface area contributed by atoms with Crippen LogP contribution in [0.1, 0.15) is 100 Å². The Hall–Kier alpha value is -3.64. The molecule has 0 heterocycles. The van der Waals surface area contributed by atoms with Crippen molar-refractivity contribution >= 4 is 11.9 Å². The third-order valence-corrected chi connectivity index (χ3v) is 7.36. The largest absolute Gasteiger partial charge is 0.493 e. The average Bonchev–Trinajstić information content (AvgIpc) is 3.00. The summed E-state index contributed by atoms with van der Waals surface area (Å²) in [6.07, 6.45) is 9.70. The van der Waals surface area contributed by atoms with Gasteiger partial charge in [0.05, 0.1) is 12.2 Å². The molecule has 1 unspecified atom stereocenters. The van der Waals surface area contributed by atoms with Gasteiger partial charge < -0.3 is 18.9 Å². The van der Waals surface area contributed by atoms with Crippen molar-refractivity contribution in [3.63, 3.8) is 0 Å². The summed E-state index contributed by atoms with van der Waals surface area (Å²) in [7, 11) is 0. The molecule has 0 aromatic heterocycles. The Morgan fingerprint density at radius 2 is 1.14 bits per heavy atom. The normalized spacial score (nSPS) is 11.7. The van der Waals surface area contributed by atoms with E-state index in [1.165, 1.54) is 32.1 Å². The number of aryl methyl sites for hydroxylation is 2. The lowest BCUT2D eigenvalue weighted by Gasteiger charge is -2.14. The van der Waals surface area contributed by atoms with Crippen LogP contribution < -0.4 is 14.2 Å². The molecular weight excluding hydrogens is 540 g/mol. The van der Waals surface area contributed by atoms with E-state index in [1.807, 2.05) is 50.2 Å². The van der Waals surface area contributed by atoms with Gasteiger partial charge in [-0.05, 0) is 92.3 Å². The molecular formula is C37H48O6. The van der Waals surface area contributed by atoms with Crippen molar-refractivity contribution in [2.45, 2.75) is 98.5 Å². The van der Waals surface area contributed by atoms with Crippen LogP contribution in [0, 0.1) is 13.8 Å². The predicted octanol–water partition coefficient (Wildman–Crippen LogP) is 9.43. The molecule has 0 aliphatic rings. The van der Waals surface area contributed by atoms with Crippen molar-refractivity contribution in [1.29, 1.82) is 0 Å². The van der Waals surface area contributed by atoms with Crippen LogP contribution in [0.25, 0.3) is 11.1 Å². The van der Waals surface area contributed by atoms with Crippen LogP contribution in [0.4, 0.5) is 0 Å². The Morgan fingerprint density at radius 3 is 1.70 bits per heavy atom. The maximum absolute atomic E-state index is 12.9. The Bertz CT molecular complexity index is 1260. The highest BCUT2D eigenvalue weighted by atomic mass is 16.6. The molecule has 43 heavy (non-hydrogen) atoms. The van der Waals surface area contributed by atoms with E-state index in [2.05, 4.69) is 13.8 Å². The fourth-order valence-corrected chi connectivity index (χ4v) is 4.83. The van der Waals surface area contributed by atoms with E-state index in [0.29, 0.717) is 30.3 Å². The highest BCUT2D eigenvalue weighted by Gasteiger charge is 2.16. The number of carbonyl (C=O) groups excluding carboxylic acids is 2. The minimum atomic E-state index is -0.610. The van der Waals surface area contributed by atoms with Crippen LogP contribution in [-0.2, 0) is 9.53 Å². The molecule has 6 nitrogen and oxygen atoms in total. The number of carbonyl (C=O) groups is 2. The van der Waals surface area contributed by atoms with Gasteiger partial charge in [0, 0.05) is 6.61 Å². The zero-order valence-electron chi connectivity index (χ0n) is 26.6. The first-order valence-corrected chi connectivity index (χ1v) is 15.8. The van der Waals surface area contributed by atoms with Crippen LogP contribution in [0.5, 0.6) is 17.2 Å². The summed E-state index contributed by atoms with van der Waals surface area (Å²) >= 11 is 0. The molecule has 0 aliphatic carbocycles. The molecule has 0 spiro atoms. The summed E-state index contributed by atoms with van der Waals surface area (Å²) in [6, 6.07) is 18.3. The lowest BCUT2D eigenvalue weighted by atomic mass is 10.1. The van der Waals surface area contributed by atoms with E-state index in [9.17, 15) is 9.59 Å². The summed E-state index contributed by atoms with van der Waals surface area (Å²) in [4.78, 5) is 25.3. The molecule has 0 amide bonds. The zero-order valence-corrected chi connectivity index (χ0v) is 26.6. The Morgan fingerprint density at radius 1 is 0.651 bits per heavy atom. The lowest BCUT2D eigenvalue weighted by molar-refractivity contribution is -0.146. The first-order chi connectivity index (χ1) is 20.8. The summed E-state index contributed by atoms with van der Waals surface area (Å²) in [5, 5.41) is 0.